The van der Waals surface area contributed by atoms with Crippen molar-refractivity contribution in [3.8, 4) is 16.9 Å². The first-order chi connectivity index (χ1) is 19.4. The maximum Gasteiger partial charge on any atom is 0.240 e. The summed E-state index contributed by atoms with van der Waals surface area (Å²) in [5, 5.41) is 3.75. The van der Waals surface area contributed by atoms with E-state index < -0.39 is 10.0 Å². The second kappa shape index (κ2) is 12.4. The van der Waals surface area contributed by atoms with Gasteiger partial charge in [-0.3, -0.25) is 0 Å². The normalized spacial score (nSPS) is 19.3. The molecule has 1 aliphatic carbocycles. The van der Waals surface area contributed by atoms with Crippen LogP contribution >= 0.6 is 0 Å². The van der Waals surface area contributed by atoms with Crippen LogP contribution in [0, 0.1) is 6.92 Å². The molecule has 4 aromatic carbocycles. The van der Waals surface area contributed by atoms with Crippen molar-refractivity contribution in [2.24, 2.45) is 0 Å². The Labute approximate surface area is 238 Å². The Balaban J connectivity index is 1.25. The van der Waals surface area contributed by atoms with Crippen LogP contribution < -0.4 is 14.8 Å². The van der Waals surface area contributed by atoms with Crippen LogP contribution in [0.4, 0.5) is 0 Å². The molecule has 1 aliphatic rings. The van der Waals surface area contributed by atoms with Crippen molar-refractivity contribution in [1.29, 1.82) is 0 Å². The van der Waals surface area contributed by atoms with E-state index in [-0.39, 0.29) is 5.41 Å². The summed E-state index contributed by atoms with van der Waals surface area (Å²) in [6, 6.07) is 34.6. The van der Waals surface area contributed by atoms with Crippen molar-refractivity contribution in [1.82, 2.24) is 10.0 Å². The number of sulfonamides is 1. The predicted molar refractivity (Wildman–Crippen MR) is 162 cm³/mol. The molecule has 6 heteroatoms. The lowest BCUT2D eigenvalue weighted by Crippen LogP contribution is -2.46. The van der Waals surface area contributed by atoms with Gasteiger partial charge in [-0.1, -0.05) is 84.4 Å². The Morgan fingerprint density at radius 1 is 0.825 bits per heavy atom. The number of rotatable bonds is 10. The Morgan fingerprint density at radius 2 is 1.50 bits per heavy atom. The van der Waals surface area contributed by atoms with E-state index in [9.17, 15) is 8.42 Å². The van der Waals surface area contributed by atoms with Crippen LogP contribution in [0.3, 0.4) is 0 Å². The molecule has 0 spiro atoms. The average Bonchev–Trinajstić information content (AvgIpc) is 3.00. The van der Waals surface area contributed by atoms with E-state index in [4.69, 9.17) is 4.74 Å². The van der Waals surface area contributed by atoms with Crippen LogP contribution in [0.25, 0.3) is 11.1 Å². The molecule has 1 fully saturated rings. The molecule has 4 aromatic rings. The molecule has 208 valence electrons. The maximum atomic E-state index is 13.2. The molecule has 0 atom stereocenters. The van der Waals surface area contributed by atoms with E-state index in [1.54, 1.807) is 19.2 Å². The number of aryl methyl sites for hydroxylation is 1. The molecule has 0 aliphatic heterocycles. The van der Waals surface area contributed by atoms with Gasteiger partial charge in [0.05, 0.1) is 12.0 Å². The van der Waals surface area contributed by atoms with Gasteiger partial charge in [0.2, 0.25) is 10.0 Å². The second-order valence-corrected chi connectivity index (χ2v) is 12.6. The number of nitrogens with one attached hydrogen (secondary N) is 2. The number of hydrogen-bond donors (Lipinski definition) is 2. The molecule has 0 amide bonds. The summed E-state index contributed by atoms with van der Waals surface area (Å²) >= 11 is 0. The third kappa shape index (κ3) is 6.64. The first-order valence-electron chi connectivity index (χ1n) is 14.0. The molecule has 5 nitrogen and oxygen atoms in total. The van der Waals surface area contributed by atoms with Gasteiger partial charge in [0, 0.05) is 24.5 Å². The van der Waals surface area contributed by atoms with Crippen LogP contribution in [-0.4, -0.2) is 28.1 Å². The monoisotopic (exact) mass is 554 g/mol. The van der Waals surface area contributed by atoms with E-state index in [1.165, 1.54) is 16.7 Å². The summed E-state index contributed by atoms with van der Waals surface area (Å²) in [5.74, 6) is 0.789. The molecule has 40 heavy (non-hydrogen) atoms. The molecule has 0 radical (unpaired) electrons. The van der Waals surface area contributed by atoms with Gasteiger partial charge >= 0.3 is 0 Å². The van der Waals surface area contributed by atoms with E-state index in [2.05, 4.69) is 70.7 Å². The summed E-state index contributed by atoms with van der Waals surface area (Å²) in [6.45, 7) is 3.11. The zero-order valence-electron chi connectivity index (χ0n) is 23.3. The zero-order chi connectivity index (χ0) is 28.0. The summed E-state index contributed by atoms with van der Waals surface area (Å²) < 4.78 is 34.8. The lowest BCUT2D eigenvalue weighted by Gasteiger charge is -2.41. The van der Waals surface area contributed by atoms with Crippen LogP contribution in [0.5, 0.6) is 5.75 Å². The molecule has 0 saturated heterocycles. The SMILES string of the molecule is COc1cccc(C2(CNS(=O)(=O)c3ccc(C)cc3)CCC(NCc3ccc(-c4ccccc4)cc3)CC2)c1. The molecule has 1 saturated carbocycles. The van der Waals surface area contributed by atoms with Crippen molar-refractivity contribution in [2.75, 3.05) is 13.7 Å². The highest BCUT2D eigenvalue weighted by Gasteiger charge is 2.38. The third-order valence-corrected chi connectivity index (χ3v) is 9.63. The first-order valence-corrected chi connectivity index (χ1v) is 15.4. The topological polar surface area (TPSA) is 67.4 Å². The molecule has 0 unspecified atom stereocenters. The van der Waals surface area contributed by atoms with Gasteiger partial charge < -0.3 is 10.1 Å². The van der Waals surface area contributed by atoms with Crippen LogP contribution in [0.2, 0.25) is 0 Å². The summed E-state index contributed by atoms with van der Waals surface area (Å²) in [4.78, 5) is 0.299. The molecule has 0 heterocycles. The smallest absolute Gasteiger partial charge is 0.240 e. The van der Waals surface area contributed by atoms with E-state index in [0.717, 1.165) is 49.1 Å². The lowest BCUT2D eigenvalue weighted by molar-refractivity contribution is 0.245. The summed E-state index contributed by atoms with van der Waals surface area (Å²) in [5.41, 5.74) is 5.55. The molecular formula is C34H38N2O3S. The quantitative estimate of drug-likeness (QED) is 0.231. The highest BCUT2D eigenvalue weighted by molar-refractivity contribution is 7.89. The predicted octanol–water partition coefficient (Wildman–Crippen LogP) is 6.62. The zero-order valence-corrected chi connectivity index (χ0v) is 24.1. The lowest BCUT2D eigenvalue weighted by atomic mass is 9.68. The highest BCUT2D eigenvalue weighted by atomic mass is 32.2. The van der Waals surface area contributed by atoms with E-state index >= 15 is 0 Å². The van der Waals surface area contributed by atoms with Gasteiger partial charge in [0.1, 0.15) is 5.75 Å². The van der Waals surface area contributed by atoms with Gasteiger partial charge in [0.15, 0.2) is 0 Å². The standard InChI is InChI=1S/C34H38N2O3S/c1-26-11-17-33(18-12-26)40(37,38)36-25-34(30-9-6-10-32(23-30)39-2)21-19-31(20-22-34)35-24-27-13-15-29(16-14-27)28-7-4-3-5-8-28/h3-18,23,31,35-36H,19-22,24-25H2,1-2H3. The number of hydrogen-bond acceptors (Lipinski definition) is 4. The summed E-state index contributed by atoms with van der Waals surface area (Å²) in [7, 11) is -1.95. The van der Waals surface area contributed by atoms with Gasteiger partial charge in [-0.05, 0) is 79.1 Å². The van der Waals surface area contributed by atoms with E-state index in [1.807, 2.05) is 37.3 Å². The van der Waals surface area contributed by atoms with Crippen LogP contribution in [-0.2, 0) is 22.0 Å². The van der Waals surface area contributed by atoms with Crippen LogP contribution in [0.1, 0.15) is 42.4 Å². The minimum Gasteiger partial charge on any atom is -0.497 e. The van der Waals surface area contributed by atoms with Crippen molar-refractivity contribution in [3.05, 3.63) is 120 Å². The minimum absolute atomic E-state index is 0.299. The highest BCUT2D eigenvalue weighted by Crippen LogP contribution is 2.40. The average molecular weight is 555 g/mol. The van der Waals surface area contributed by atoms with Crippen molar-refractivity contribution in [2.45, 2.75) is 55.5 Å². The number of benzene rings is 4. The molecular weight excluding hydrogens is 516 g/mol. The summed E-state index contributed by atoms with van der Waals surface area (Å²) in [6.07, 6.45) is 3.68. The fraction of sp³-hybridized carbons (Fsp3) is 0.294. The fourth-order valence-electron chi connectivity index (χ4n) is 5.64. The number of ether oxygens (including phenoxy) is 1. The minimum atomic E-state index is -3.62. The largest absolute Gasteiger partial charge is 0.497 e. The van der Waals surface area contributed by atoms with E-state index in [0.29, 0.717) is 17.5 Å². The Hall–Kier alpha value is -3.45. The Bertz CT molecular complexity index is 1490. The third-order valence-electron chi connectivity index (χ3n) is 8.21. The van der Waals surface area contributed by atoms with Crippen molar-refractivity contribution in [3.63, 3.8) is 0 Å². The van der Waals surface area contributed by atoms with Crippen LogP contribution in [0.15, 0.2) is 108 Å². The fourth-order valence-corrected chi connectivity index (χ4v) is 6.76. The number of methoxy groups -OCH3 is 1. The first kappa shape index (κ1) is 28.1. The Kier molecular flexibility index (Phi) is 8.69. The second-order valence-electron chi connectivity index (χ2n) is 10.9. The van der Waals surface area contributed by atoms with Crippen molar-refractivity contribution < 1.29 is 13.2 Å². The van der Waals surface area contributed by atoms with Gasteiger partial charge in [-0.25, -0.2) is 13.1 Å². The van der Waals surface area contributed by atoms with Crippen molar-refractivity contribution >= 4 is 10.0 Å². The molecule has 0 bridgehead atoms. The maximum absolute atomic E-state index is 13.2. The Morgan fingerprint density at radius 3 is 2.17 bits per heavy atom. The van der Waals surface area contributed by atoms with Gasteiger partial charge in [0.25, 0.3) is 0 Å². The molecule has 0 aromatic heterocycles. The molecule has 2 N–H and O–H groups in total. The van der Waals surface area contributed by atoms with Gasteiger partial charge in [-0.2, -0.15) is 0 Å². The van der Waals surface area contributed by atoms with Gasteiger partial charge in [-0.15, -0.1) is 0 Å². The molecule has 5 rings (SSSR count).